The van der Waals surface area contributed by atoms with Crippen molar-refractivity contribution >= 4 is 28.4 Å². The van der Waals surface area contributed by atoms with Crippen LogP contribution in [0.15, 0.2) is 41.6 Å². The Kier molecular flexibility index (Phi) is 6.51. The van der Waals surface area contributed by atoms with Gasteiger partial charge in [-0.2, -0.15) is 0 Å². The topological polar surface area (TPSA) is 104 Å². The molecular weight excluding hydrogens is 472 g/mol. The summed E-state index contributed by atoms with van der Waals surface area (Å²) in [5.74, 6) is 0.350. The first-order valence-electron chi connectivity index (χ1n) is 12.2. The van der Waals surface area contributed by atoms with Crippen LogP contribution in [0.25, 0.3) is 22.4 Å². The molecule has 37 heavy (non-hydrogen) atoms. The normalized spacial score (nSPS) is 14.2. The van der Waals surface area contributed by atoms with Crippen molar-refractivity contribution in [2.45, 2.75) is 25.7 Å². The van der Waals surface area contributed by atoms with Crippen LogP contribution in [0.4, 0.5) is 11.4 Å². The van der Waals surface area contributed by atoms with Crippen LogP contribution in [-0.4, -0.2) is 57.4 Å². The summed E-state index contributed by atoms with van der Waals surface area (Å²) in [5.41, 5.74) is 6.41. The standard InChI is InChI=1S/C27H30N6O4/c1-16-10-18(13-28-23(16)26(34)36-5)25-29-14-20(15-30-25)31(2)19-11-21(17-6-8-37-9-7-17)24-22(12-19)32(3)27(35)33(24)4/h10-15,17H,6-9H2,1-5H3. The van der Waals surface area contributed by atoms with Gasteiger partial charge in [-0.05, 0) is 55.0 Å². The molecule has 10 heteroatoms. The molecule has 10 nitrogen and oxygen atoms in total. The number of fused-ring (bicyclic) bond motifs is 1. The quantitative estimate of drug-likeness (QED) is 0.382. The highest BCUT2D eigenvalue weighted by Crippen LogP contribution is 2.36. The van der Waals surface area contributed by atoms with Gasteiger partial charge in [0.25, 0.3) is 0 Å². The fraction of sp³-hybridized carbons (Fsp3) is 0.370. The van der Waals surface area contributed by atoms with Crippen molar-refractivity contribution in [3.8, 4) is 11.4 Å². The van der Waals surface area contributed by atoms with E-state index >= 15 is 0 Å². The number of anilines is 2. The van der Waals surface area contributed by atoms with Gasteiger partial charge >= 0.3 is 11.7 Å². The lowest BCUT2D eigenvalue weighted by Crippen LogP contribution is -2.20. The molecule has 4 aromatic rings. The van der Waals surface area contributed by atoms with Gasteiger partial charge in [-0.25, -0.2) is 24.5 Å². The number of aryl methyl sites for hydroxylation is 3. The van der Waals surface area contributed by atoms with Crippen molar-refractivity contribution in [3.63, 3.8) is 0 Å². The number of ether oxygens (including phenoxy) is 2. The maximum Gasteiger partial charge on any atom is 0.356 e. The van der Waals surface area contributed by atoms with Gasteiger partial charge in [0.1, 0.15) is 0 Å². The first-order valence-corrected chi connectivity index (χ1v) is 12.2. The molecule has 1 aromatic carbocycles. The second-order valence-electron chi connectivity index (χ2n) is 9.39. The molecule has 1 aliphatic heterocycles. The van der Waals surface area contributed by atoms with Crippen molar-refractivity contribution in [1.29, 1.82) is 0 Å². The summed E-state index contributed by atoms with van der Waals surface area (Å²) in [6, 6.07) is 6.03. The molecule has 0 spiro atoms. The highest BCUT2D eigenvalue weighted by atomic mass is 16.5. The van der Waals surface area contributed by atoms with Crippen molar-refractivity contribution in [2.24, 2.45) is 14.1 Å². The van der Waals surface area contributed by atoms with Gasteiger partial charge in [0.15, 0.2) is 11.5 Å². The highest BCUT2D eigenvalue weighted by molar-refractivity contribution is 5.89. The molecule has 0 unspecified atom stereocenters. The van der Waals surface area contributed by atoms with Crippen LogP contribution in [0.5, 0.6) is 0 Å². The molecule has 0 aliphatic carbocycles. The predicted octanol–water partition coefficient (Wildman–Crippen LogP) is 3.49. The van der Waals surface area contributed by atoms with Gasteiger partial charge in [0.2, 0.25) is 0 Å². The first-order chi connectivity index (χ1) is 17.8. The molecule has 0 radical (unpaired) electrons. The average molecular weight is 503 g/mol. The number of aromatic nitrogens is 5. The van der Waals surface area contributed by atoms with Crippen LogP contribution < -0.4 is 10.6 Å². The number of benzene rings is 1. The summed E-state index contributed by atoms with van der Waals surface area (Å²) in [6.07, 6.45) is 6.93. The van der Waals surface area contributed by atoms with Crippen molar-refractivity contribution in [3.05, 3.63) is 64.1 Å². The predicted molar refractivity (Wildman–Crippen MR) is 140 cm³/mol. The molecule has 1 aliphatic rings. The van der Waals surface area contributed by atoms with E-state index in [0.717, 1.165) is 54.0 Å². The van der Waals surface area contributed by atoms with E-state index < -0.39 is 5.97 Å². The monoisotopic (exact) mass is 502 g/mol. The molecule has 4 heterocycles. The van der Waals surface area contributed by atoms with Crippen LogP contribution in [-0.2, 0) is 23.6 Å². The van der Waals surface area contributed by atoms with E-state index in [1.54, 1.807) is 34.6 Å². The van der Waals surface area contributed by atoms with Gasteiger partial charge in [0.05, 0.1) is 36.2 Å². The smallest absolute Gasteiger partial charge is 0.356 e. The summed E-state index contributed by atoms with van der Waals surface area (Å²) in [5, 5.41) is 0. The molecule has 3 aromatic heterocycles. The van der Waals surface area contributed by atoms with Gasteiger partial charge in [0, 0.05) is 51.8 Å². The van der Waals surface area contributed by atoms with Gasteiger partial charge in [-0.3, -0.25) is 9.13 Å². The van der Waals surface area contributed by atoms with Crippen LogP contribution in [0.3, 0.4) is 0 Å². The zero-order chi connectivity index (χ0) is 26.3. The second-order valence-corrected chi connectivity index (χ2v) is 9.39. The number of nitrogens with zero attached hydrogens (tertiary/aromatic N) is 6. The number of carbonyl (C=O) groups excluding carboxylic acids is 1. The number of hydrogen-bond donors (Lipinski definition) is 0. The summed E-state index contributed by atoms with van der Waals surface area (Å²) in [7, 11) is 6.93. The Morgan fingerprint density at radius 3 is 2.38 bits per heavy atom. The van der Waals surface area contributed by atoms with Crippen LogP contribution >= 0.6 is 0 Å². The van der Waals surface area contributed by atoms with E-state index in [2.05, 4.69) is 21.0 Å². The van der Waals surface area contributed by atoms with Crippen LogP contribution in [0.2, 0.25) is 0 Å². The lowest BCUT2D eigenvalue weighted by molar-refractivity contribution is 0.0593. The number of hydrogen-bond acceptors (Lipinski definition) is 8. The SMILES string of the molecule is COC(=O)c1ncc(-c2ncc(N(C)c3cc(C4CCOCC4)c4c(c3)n(C)c(=O)n4C)cn2)cc1C. The number of esters is 1. The largest absolute Gasteiger partial charge is 0.464 e. The summed E-state index contributed by atoms with van der Waals surface area (Å²) >= 11 is 0. The third kappa shape index (κ3) is 4.37. The Morgan fingerprint density at radius 2 is 1.73 bits per heavy atom. The Labute approximate surface area is 214 Å². The first kappa shape index (κ1) is 24.6. The average Bonchev–Trinajstić information content (AvgIpc) is 3.16. The zero-order valence-corrected chi connectivity index (χ0v) is 21.7. The minimum atomic E-state index is -0.477. The summed E-state index contributed by atoms with van der Waals surface area (Å²) < 4.78 is 13.8. The van der Waals surface area contributed by atoms with E-state index in [1.807, 2.05) is 38.2 Å². The maximum atomic E-state index is 12.8. The number of methoxy groups -OCH3 is 1. The van der Waals surface area contributed by atoms with E-state index in [4.69, 9.17) is 9.47 Å². The number of pyridine rings is 1. The lowest BCUT2D eigenvalue weighted by atomic mass is 9.90. The van der Waals surface area contributed by atoms with E-state index in [-0.39, 0.29) is 11.4 Å². The molecular formula is C27H30N6O4. The minimum Gasteiger partial charge on any atom is -0.464 e. The van der Waals surface area contributed by atoms with Crippen LogP contribution in [0.1, 0.15) is 40.4 Å². The fourth-order valence-corrected chi connectivity index (χ4v) is 4.98. The molecule has 0 bridgehead atoms. The molecule has 5 rings (SSSR count). The summed E-state index contributed by atoms with van der Waals surface area (Å²) in [6.45, 7) is 3.24. The summed E-state index contributed by atoms with van der Waals surface area (Å²) in [4.78, 5) is 40.0. The molecule has 192 valence electrons. The van der Waals surface area contributed by atoms with Crippen molar-refractivity contribution in [2.75, 3.05) is 32.3 Å². The molecule has 0 atom stereocenters. The number of rotatable bonds is 5. The molecule has 0 amide bonds. The van der Waals surface area contributed by atoms with Gasteiger partial charge < -0.3 is 14.4 Å². The maximum absolute atomic E-state index is 12.8. The van der Waals surface area contributed by atoms with E-state index in [0.29, 0.717) is 22.9 Å². The number of carbonyl (C=O) groups is 1. The van der Waals surface area contributed by atoms with Crippen LogP contribution in [0, 0.1) is 6.92 Å². The molecule has 1 fully saturated rings. The second kappa shape index (κ2) is 9.78. The van der Waals surface area contributed by atoms with E-state index in [9.17, 15) is 9.59 Å². The highest BCUT2D eigenvalue weighted by Gasteiger charge is 2.24. The van der Waals surface area contributed by atoms with E-state index in [1.165, 1.54) is 7.11 Å². The number of imidazole rings is 1. The molecule has 0 saturated carbocycles. The Balaban J connectivity index is 1.50. The minimum absolute atomic E-state index is 0.0436. The van der Waals surface area contributed by atoms with Crippen molar-refractivity contribution in [1.82, 2.24) is 24.1 Å². The zero-order valence-electron chi connectivity index (χ0n) is 21.7. The fourth-order valence-electron chi connectivity index (χ4n) is 4.98. The van der Waals surface area contributed by atoms with Gasteiger partial charge in [-0.1, -0.05) is 0 Å². The third-order valence-electron chi connectivity index (χ3n) is 7.16. The van der Waals surface area contributed by atoms with Gasteiger partial charge in [-0.15, -0.1) is 0 Å². The third-order valence-corrected chi connectivity index (χ3v) is 7.16. The lowest BCUT2D eigenvalue weighted by Gasteiger charge is -2.26. The Morgan fingerprint density at radius 1 is 1.03 bits per heavy atom. The molecule has 1 saturated heterocycles. The van der Waals surface area contributed by atoms with Crippen molar-refractivity contribution < 1.29 is 14.3 Å². The Bertz CT molecular complexity index is 1530. The molecule has 0 N–H and O–H groups in total. The Hall–Kier alpha value is -4.05.